The van der Waals surface area contributed by atoms with E-state index in [1.54, 1.807) is 17.1 Å². The van der Waals surface area contributed by atoms with Gasteiger partial charge < -0.3 is 0 Å². The summed E-state index contributed by atoms with van der Waals surface area (Å²) in [5.41, 5.74) is 1.51. The molecule has 0 aliphatic rings. The van der Waals surface area contributed by atoms with Crippen LogP contribution in [-0.4, -0.2) is 15.8 Å². The molecule has 0 bridgehead atoms. The Bertz CT molecular complexity index is 406. The second kappa shape index (κ2) is 3.23. The largest absolute Gasteiger partial charge is 0.296 e. The molecule has 2 rings (SSSR count). The molecule has 1 aromatic carbocycles. The fourth-order valence-corrected chi connectivity index (χ4v) is 1.20. The summed E-state index contributed by atoms with van der Waals surface area (Å²) < 4.78 is 1.74. The number of para-hydroxylation sites is 1. The van der Waals surface area contributed by atoms with Crippen molar-refractivity contribution in [2.24, 2.45) is 0 Å². The van der Waals surface area contributed by atoms with Gasteiger partial charge in [0.05, 0.1) is 12.5 Å². The van der Waals surface area contributed by atoms with Crippen molar-refractivity contribution >= 4 is 6.29 Å². The van der Waals surface area contributed by atoms with E-state index in [0.29, 0.717) is 5.69 Å². The maximum Gasteiger partial charge on any atom is 0.168 e. The van der Waals surface area contributed by atoms with Crippen LogP contribution in [0.3, 0.4) is 0 Å². The summed E-state index contributed by atoms with van der Waals surface area (Å²) in [7, 11) is 0. The fraction of sp³-hybridized carbons (Fsp3) is 0. The van der Waals surface area contributed by atoms with Gasteiger partial charge in [0.25, 0.3) is 0 Å². The first-order valence-corrected chi connectivity index (χ1v) is 3.95. The van der Waals surface area contributed by atoms with Crippen LogP contribution in [0.1, 0.15) is 10.5 Å². The van der Waals surface area contributed by atoms with Gasteiger partial charge in [-0.2, -0.15) is 0 Å². The molecule has 0 spiro atoms. The Hall–Kier alpha value is -1.90. The second-order valence-electron chi connectivity index (χ2n) is 2.64. The normalized spacial score (nSPS) is 9.85. The van der Waals surface area contributed by atoms with Gasteiger partial charge in [-0.25, -0.2) is 4.98 Å². The van der Waals surface area contributed by atoms with Gasteiger partial charge in [-0.05, 0) is 12.1 Å². The van der Waals surface area contributed by atoms with Crippen molar-refractivity contribution in [1.29, 1.82) is 0 Å². The van der Waals surface area contributed by atoms with Gasteiger partial charge in [-0.1, -0.05) is 18.2 Å². The SMILES string of the molecule is O=Cc1cncn1-c1ccccc1. The number of carbonyl (C=O) groups excluding carboxylic acids is 1. The van der Waals surface area contributed by atoms with Gasteiger partial charge in [-0.3, -0.25) is 9.36 Å². The molecule has 3 nitrogen and oxygen atoms in total. The Labute approximate surface area is 75.7 Å². The molecule has 0 N–H and O–H groups in total. The van der Waals surface area contributed by atoms with Crippen LogP contribution in [0.5, 0.6) is 0 Å². The summed E-state index contributed by atoms with van der Waals surface area (Å²) in [6.07, 6.45) is 3.96. The number of aromatic nitrogens is 2. The Kier molecular flexibility index (Phi) is 1.92. The number of rotatable bonds is 2. The average molecular weight is 172 g/mol. The Balaban J connectivity index is 2.52. The molecular weight excluding hydrogens is 164 g/mol. The summed E-state index contributed by atoms with van der Waals surface area (Å²) in [5.74, 6) is 0. The summed E-state index contributed by atoms with van der Waals surface area (Å²) in [6, 6.07) is 9.62. The molecule has 1 heterocycles. The summed E-state index contributed by atoms with van der Waals surface area (Å²) in [4.78, 5) is 14.5. The average Bonchev–Trinajstić information content (AvgIpc) is 2.67. The number of imidazole rings is 1. The summed E-state index contributed by atoms with van der Waals surface area (Å²) >= 11 is 0. The molecule has 13 heavy (non-hydrogen) atoms. The molecule has 0 unspecified atom stereocenters. The van der Waals surface area contributed by atoms with E-state index in [2.05, 4.69) is 4.98 Å². The van der Waals surface area contributed by atoms with Crippen LogP contribution in [-0.2, 0) is 0 Å². The molecule has 0 fully saturated rings. The first-order valence-electron chi connectivity index (χ1n) is 3.95. The number of aldehydes is 1. The molecule has 1 aromatic heterocycles. The van der Waals surface area contributed by atoms with Crippen LogP contribution in [0.15, 0.2) is 42.9 Å². The van der Waals surface area contributed by atoms with E-state index in [9.17, 15) is 4.79 Å². The van der Waals surface area contributed by atoms with Crippen LogP contribution in [0.2, 0.25) is 0 Å². The fourth-order valence-electron chi connectivity index (χ4n) is 1.20. The number of benzene rings is 1. The van der Waals surface area contributed by atoms with Gasteiger partial charge in [0.15, 0.2) is 6.29 Å². The highest BCUT2D eigenvalue weighted by Gasteiger charge is 2.00. The minimum atomic E-state index is 0.561. The lowest BCUT2D eigenvalue weighted by atomic mass is 10.3. The van der Waals surface area contributed by atoms with Gasteiger partial charge in [0, 0.05) is 5.69 Å². The smallest absolute Gasteiger partial charge is 0.168 e. The molecule has 0 amide bonds. The van der Waals surface area contributed by atoms with Gasteiger partial charge in [0.2, 0.25) is 0 Å². The molecular formula is C10H8N2O. The monoisotopic (exact) mass is 172 g/mol. The molecule has 0 saturated carbocycles. The van der Waals surface area contributed by atoms with Crippen molar-refractivity contribution in [2.45, 2.75) is 0 Å². The topological polar surface area (TPSA) is 34.9 Å². The Morgan fingerprint density at radius 2 is 2.00 bits per heavy atom. The lowest BCUT2D eigenvalue weighted by Crippen LogP contribution is -1.96. The lowest BCUT2D eigenvalue weighted by molar-refractivity contribution is 0.111. The van der Waals surface area contributed by atoms with Crippen LogP contribution in [0.25, 0.3) is 5.69 Å². The molecule has 2 aromatic rings. The van der Waals surface area contributed by atoms with Crippen molar-refractivity contribution in [1.82, 2.24) is 9.55 Å². The standard InChI is InChI=1S/C10H8N2O/c13-7-10-6-11-8-12(10)9-4-2-1-3-5-9/h1-8H. The second-order valence-corrected chi connectivity index (χ2v) is 2.64. The molecule has 0 radical (unpaired) electrons. The predicted molar refractivity (Wildman–Crippen MR) is 49.0 cm³/mol. The third-order valence-electron chi connectivity index (χ3n) is 1.82. The van der Waals surface area contributed by atoms with E-state index in [1.807, 2.05) is 30.3 Å². The molecule has 0 saturated heterocycles. The van der Waals surface area contributed by atoms with Gasteiger partial charge in [-0.15, -0.1) is 0 Å². The lowest BCUT2D eigenvalue weighted by Gasteiger charge is -2.02. The van der Waals surface area contributed by atoms with Crippen LogP contribution >= 0.6 is 0 Å². The molecule has 0 aliphatic heterocycles. The molecule has 3 heteroatoms. The Morgan fingerprint density at radius 3 is 2.69 bits per heavy atom. The van der Waals surface area contributed by atoms with Crippen LogP contribution in [0, 0.1) is 0 Å². The third kappa shape index (κ3) is 1.36. The number of carbonyl (C=O) groups is 1. The van der Waals surface area contributed by atoms with Crippen molar-refractivity contribution in [3.05, 3.63) is 48.5 Å². The molecule has 0 atom stereocenters. The third-order valence-corrected chi connectivity index (χ3v) is 1.82. The van der Waals surface area contributed by atoms with Crippen molar-refractivity contribution in [3.8, 4) is 5.69 Å². The van der Waals surface area contributed by atoms with E-state index < -0.39 is 0 Å². The van der Waals surface area contributed by atoms with Crippen molar-refractivity contribution in [2.75, 3.05) is 0 Å². The minimum Gasteiger partial charge on any atom is -0.296 e. The molecule has 0 aliphatic carbocycles. The predicted octanol–water partition coefficient (Wildman–Crippen LogP) is 1.68. The van der Waals surface area contributed by atoms with E-state index in [0.717, 1.165) is 12.0 Å². The maximum absolute atomic E-state index is 10.6. The van der Waals surface area contributed by atoms with Crippen molar-refractivity contribution in [3.63, 3.8) is 0 Å². The number of nitrogens with zero attached hydrogens (tertiary/aromatic N) is 2. The van der Waals surface area contributed by atoms with Crippen LogP contribution in [0.4, 0.5) is 0 Å². The van der Waals surface area contributed by atoms with E-state index in [-0.39, 0.29) is 0 Å². The quantitative estimate of drug-likeness (QED) is 0.646. The van der Waals surface area contributed by atoms with Gasteiger partial charge >= 0.3 is 0 Å². The highest BCUT2D eigenvalue weighted by atomic mass is 16.1. The van der Waals surface area contributed by atoms with E-state index in [4.69, 9.17) is 0 Å². The van der Waals surface area contributed by atoms with Crippen molar-refractivity contribution < 1.29 is 4.79 Å². The van der Waals surface area contributed by atoms with E-state index in [1.165, 1.54) is 0 Å². The minimum absolute atomic E-state index is 0.561. The summed E-state index contributed by atoms with van der Waals surface area (Å²) in [5, 5.41) is 0. The summed E-state index contributed by atoms with van der Waals surface area (Å²) in [6.45, 7) is 0. The maximum atomic E-state index is 10.6. The van der Waals surface area contributed by atoms with Gasteiger partial charge in [0.1, 0.15) is 5.69 Å². The zero-order valence-corrected chi connectivity index (χ0v) is 6.92. The van der Waals surface area contributed by atoms with Crippen LogP contribution < -0.4 is 0 Å². The van der Waals surface area contributed by atoms with E-state index >= 15 is 0 Å². The number of hydrogen-bond donors (Lipinski definition) is 0. The zero-order chi connectivity index (χ0) is 9.10. The zero-order valence-electron chi connectivity index (χ0n) is 6.92. The first-order chi connectivity index (χ1) is 6.42. The highest BCUT2D eigenvalue weighted by molar-refractivity contribution is 5.72. The molecule has 64 valence electrons. The highest BCUT2D eigenvalue weighted by Crippen LogP contribution is 2.08. The first kappa shape index (κ1) is 7.73. The number of hydrogen-bond acceptors (Lipinski definition) is 2. The Morgan fingerprint density at radius 1 is 1.23 bits per heavy atom.